The molecule has 0 heterocycles. The van der Waals surface area contributed by atoms with E-state index in [1.165, 1.54) is 96.3 Å². The lowest BCUT2D eigenvalue weighted by molar-refractivity contribution is 0.304. The van der Waals surface area contributed by atoms with Crippen molar-refractivity contribution in [2.75, 3.05) is 12.4 Å². The van der Waals surface area contributed by atoms with E-state index < -0.39 is 10.1 Å². The zero-order valence-electron chi connectivity index (χ0n) is 20.5. The maximum Gasteiger partial charge on any atom is 0.264 e. The molecule has 0 bridgehead atoms. The van der Waals surface area contributed by atoms with Crippen molar-refractivity contribution in [2.45, 2.75) is 122 Å². The molecule has 0 radical (unpaired) electrons. The van der Waals surface area contributed by atoms with Crippen molar-refractivity contribution in [3.63, 3.8) is 0 Å². The van der Waals surface area contributed by atoms with Crippen molar-refractivity contribution in [1.82, 2.24) is 0 Å². The van der Waals surface area contributed by atoms with E-state index in [9.17, 15) is 8.42 Å². The zero-order chi connectivity index (χ0) is 23.3. The van der Waals surface area contributed by atoms with Gasteiger partial charge in [0.05, 0.1) is 12.4 Å². The minimum Gasteiger partial charge on any atom is -0.494 e. The monoisotopic (exact) mass is 468 g/mol. The van der Waals surface area contributed by atoms with Crippen LogP contribution in [0.4, 0.5) is 0 Å². The predicted molar refractivity (Wildman–Crippen MR) is 136 cm³/mol. The molecule has 0 aliphatic carbocycles. The fourth-order valence-corrected chi connectivity index (χ4v) is 4.56. The third-order valence-electron chi connectivity index (χ3n) is 6.06. The summed E-state index contributed by atoms with van der Waals surface area (Å²) in [4.78, 5) is 0. The molecule has 1 aromatic carbocycles. The first-order valence-corrected chi connectivity index (χ1v) is 14.8. The van der Waals surface area contributed by atoms with Crippen molar-refractivity contribution in [2.24, 2.45) is 0 Å². The van der Waals surface area contributed by atoms with Gasteiger partial charge in [-0.3, -0.25) is 4.55 Å². The molecule has 1 aromatic rings. The molecule has 0 amide bonds. The average Bonchev–Trinajstić information content (AvgIpc) is 2.76. The van der Waals surface area contributed by atoms with Crippen LogP contribution in [-0.4, -0.2) is 25.3 Å². The second-order valence-electron chi connectivity index (χ2n) is 9.19. The maximum atomic E-state index is 10.7. The van der Waals surface area contributed by atoms with Crippen molar-refractivity contribution in [3.8, 4) is 5.75 Å². The fourth-order valence-electron chi connectivity index (χ4n) is 4.05. The van der Waals surface area contributed by atoms with Crippen LogP contribution in [0.2, 0.25) is 0 Å². The van der Waals surface area contributed by atoms with Crippen molar-refractivity contribution < 1.29 is 17.7 Å². The van der Waals surface area contributed by atoms with Gasteiger partial charge in [-0.15, -0.1) is 0 Å². The van der Waals surface area contributed by atoms with Gasteiger partial charge >= 0.3 is 0 Å². The van der Waals surface area contributed by atoms with Crippen LogP contribution in [-0.2, 0) is 16.5 Å². The summed E-state index contributed by atoms with van der Waals surface area (Å²) in [6.45, 7) is 3.03. The summed E-state index contributed by atoms with van der Waals surface area (Å²) in [6.07, 6.45) is 23.0. The lowest BCUT2D eigenvalue weighted by Gasteiger charge is -2.07. The second-order valence-corrected chi connectivity index (χ2v) is 10.8. The van der Waals surface area contributed by atoms with Crippen LogP contribution in [0.15, 0.2) is 24.3 Å². The summed E-state index contributed by atoms with van der Waals surface area (Å²) < 4.78 is 36.1. The minimum absolute atomic E-state index is 0.190. The van der Waals surface area contributed by atoms with E-state index in [1.54, 1.807) is 0 Å². The minimum atomic E-state index is -3.86. The Morgan fingerprint density at radius 2 is 1.09 bits per heavy atom. The molecular formula is C27H48O4S. The van der Waals surface area contributed by atoms with Crippen molar-refractivity contribution in [1.29, 1.82) is 0 Å². The van der Waals surface area contributed by atoms with Crippen LogP contribution >= 0.6 is 0 Å². The standard InChI is InChI=1S/C27H48O4S/c1-2-3-4-5-6-7-8-9-10-11-12-13-14-15-16-17-24-31-27-22-20-26(21-23-27)19-18-25-32(28,29)30/h20-23H,2-19,24-25H2,1H3,(H,28,29,30). The normalized spacial score (nSPS) is 11.7. The lowest BCUT2D eigenvalue weighted by atomic mass is 10.0. The molecule has 0 aliphatic rings. The Labute approximate surface area is 198 Å². The first-order chi connectivity index (χ1) is 15.5. The van der Waals surface area contributed by atoms with E-state index in [-0.39, 0.29) is 5.75 Å². The second kappa shape index (κ2) is 19.4. The third kappa shape index (κ3) is 18.5. The molecule has 5 heteroatoms. The van der Waals surface area contributed by atoms with Gasteiger partial charge in [-0.25, -0.2) is 0 Å². The molecule has 0 atom stereocenters. The molecule has 4 nitrogen and oxygen atoms in total. The van der Waals surface area contributed by atoms with E-state index in [0.717, 1.165) is 24.3 Å². The summed E-state index contributed by atoms with van der Waals surface area (Å²) in [5.41, 5.74) is 1.06. The Kier molecular flexibility index (Phi) is 17.6. The summed E-state index contributed by atoms with van der Waals surface area (Å²) in [5.74, 6) is 0.675. The third-order valence-corrected chi connectivity index (χ3v) is 6.86. The smallest absolute Gasteiger partial charge is 0.264 e. The number of rotatable bonds is 22. The predicted octanol–water partition coefficient (Wildman–Crippen LogP) is 8.15. The quantitative estimate of drug-likeness (QED) is 0.138. The average molecular weight is 469 g/mol. The number of aryl methyl sites for hydroxylation is 1. The van der Waals surface area contributed by atoms with Gasteiger partial charge in [-0.2, -0.15) is 8.42 Å². The maximum absolute atomic E-state index is 10.7. The molecule has 0 fully saturated rings. The van der Waals surface area contributed by atoms with Crippen LogP contribution in [0, 0.1) is 0 Å². The zero-order valence-corrected chi connectivity index (χ0v) is 21.3. The van der Waals surface area contributed by atoms with Gasteiger partial charge in [0.1, 0.15) is 5.75 Å². The van der Waals surface area contributed by atoms with Crippen LogP contribution in [0.5, 0.6) is 5.75 Å². The van der Waals surface area contributed by atoms with Gasteiger partial charge < -0.3 is 4.74 Å². The summed E-state index contributed by atoms with van der Waals surface area (Å²) in [5, 5.41) is 0. The lowest BCUT2D eigenvalue weighted by Crippen LogP contribution is -2.04. The van der Waals surface area contributed by atoms with Gasteiger partial charge in [-0.05, 0) is 37.0 Å². The van der Waals surface area contributed by atoms with Crippen LogP contribution in [0.3, 0.4) is 0 Å². The topological polar surface area (TPSA) is 63.6 Å². The molecule has 0 saturated carbocycles. The molecular weight excluding hydrogens is 420 g/mol. The molecule has 0 aromatic heterocycles. The largest absolute Gasteiger partial charge is 0.494 e. The summed E-state index contributed by atoms with van der Waals surface area (Å²) >= 11 is 0. The van der Waals surface area contributed by atoms with Gasteiger partial charge in [0.2, 0.25) is 0 Å². The SMILES string of the molecule is CCCCCCCCCCCCCCCCCCOc1ccc(CCCS(=O)(=O)O)cc1. The molecule has 0 spiro atoms. The Morgan fingerprint density at radius 1 is 0.656 bits per heavy atom. The van der Waals surface area contributed by atoms with E-state index >= 15 is 0 Å². The Balaban J connectivity index is 1.86. The van der Waals surface area contributed by atoms with E-state index in [1.807, 2.05) is 24.3 Å². The van der Waals surface area contributed by atoms with Crippen molar-refractivity contribution in [3.05, 3.63) is 29.8 Å². The van der Waals surface area contributed by atoms with Gasteiger partial charge in [-0.1, -0.05) is 115 Å². The molecule has 0 aliphatic heterocycles. The van der Waals surface area contributed by atoms with E-state index in [4.69, 9.17) is 9.29 Å². The Bertz CT molecular complexity index is 640. The Morgan fingerprint density at radius 3 is 1.53 bits per heavy atom. The number of hydrogen-bond donors (Lipinski definition) is 1. The molecule has 32 heavy (non-hydrogen) atoms. The van der Waals surface area contributed by atoms with Crippen LogP contribution in [0.1, 0.15) is 122 Å². The fraction of sp³-hybridized carbons (Fsp3) is 0.778. The molecule has 0 saturated heterocycles. The first-order valence-electron chi connectivity index (χ1n) is 13.2. The van der Waals surface area contributed by atoms with Crippen LogP contribution in [0.25, 0.3) is 0 Å². The molecule has 186 valence electrons. The molecule has 1 rings (SSSR count). The summed E-state index contributed by atoms with van der Waals surface area (Å²) in [6, 6.07) is 7.81. The number of unbranched alkanes of at least 4 members (excludes halogenated alkanes) is 15. The Hall–Kier alpha value is -1.07. The number of benzene rings is 1. The van der Waals surface area contributed by atoms with Gasteiger partial charge in [0.15, 0.2) is 0 Å². The molecule has 0 unspecified atom stereocenters. The summed E-state index contributed by atoms with van der Waals surface area (Å²) in [7, 11) is -3.86. The highest BCUT2D eigenvalue weighted by molar-refractivity contribution is 7.85. The van der Waals surface area contributed by atoms with Gasteiger partial charge in [0.25, 0.3) is 10.1 Å². The number of hydrogen-bond acceptors (Lipinski definition) is 3. The van der Waals surface area contributed by atoms with E-state index in [0.29, 0.717) is 12.8 Å². The first kappa shape index (κ1) is 29.0. The van der Waals surface area contributed by atoms with Crippen LogP contribution < -0.4 is 4.74 Å². The highest BCUT2D eigenvalue weighted by Crippen LogP contribution is 2.16. The van der Waals surface area contributed by atoms with Gasteiger partial charge in [0, 0.05) is 0 Å². The van der Waals surface area contributed by atoms with Crippen molar-refractivity contribution >= 4 is 10.1 Å². The van der Waals surface area contributed by atoms with E-state index in [2.05, 4.69) is 6.92 Å². The highest BCUT2D eigenvalue weighted by Gasteiger charge is 2.04. The number of ether oxygens (including phenoxy) is 1. The molecule has 1 N–H and O–H groups in total. The highest BCUT2D eigenvalue weighted by atomic mass is 32.2.